The van der Waals surface area contributed by atoms with Gasteiger partial charge in [-0.25, -0.2) is 0 Å². The summed E-state index contributed by atoms with van der Waals surface area (Å²) < 4.78 is 10.8. The smallest absolute Gasteiger partial charge is 0.233 e. The van der Waals surface area contributed by atoms with Crippen molar-refractivity contribution in [2.45, 2.75) is 6.42 Å². The summed E-state index contributed by atoms with van der Waals surface area (Å²) in [4.78, 5) is 12.2. The van der Waals surface area contributed by atoms with Crippen LogP contribution in [0.5, 0.6) is 5.88 Å². The summed E-state index contributed by atoms with van der Waals surface area (Å²) in [5.74, 6) is 1.01. The molecule has 6 heteroatoms. The number of carbonyl (C=O) groups excluding carboxylic acids is 1. The Labute approximate surface area is 162 Å². The minimum Gasteiger partial charge on any atom is -0.475 e. The zero-order valence-corrected chi connectivity index (χ0v) is 15.2. The minimum atomic E-state index is -0.0424. The summed E-state index contributed by atoms with van der Waals surface area (Å²) in [5.41, 5.74) is 1.65. The Balaban J connectivity index is 1.25. The lowest BCUT2D eigenvalue weighted by molar-refractivity contribution is -0.120. The molecule has 4 aromatic rings. The molecule has 4 rings (SSSR count). The van der Waals surface area contributed by atoms with Gasteiger partial charge in [0.1, 0.15) is 12.3 Å². The molecule has 0 spiro atoms. The average molecular weight is 373 g/mol. The van der Waals surface area contributed by atoms with Crippen molar-refractivity contribution in [2.24, 2.45) is 0 Å². The Morgan fingerprint density at radius 2 is 1.86 bits per heavy atom. The minimum absolute atomic E-state index is 0.0424. The van der Waals surface area contributed by atoms with E-state index in [1.54, 1.807) is 24.5 Å². The van der Waals surface area contributed by atoms with Gasteiger partial charge in [-0.15, -0.1) is 10.2 Å². The van der Waals surface area contributed by atoms with Crippen LogP contribution in [-0.2, 0) is 11.2 Å². The molecule has 1 N–H and O–H groups in total. The molecule has 0 radical (unpaired) electrons. The molecule has 0 unspecified atom stereocenters. The first kappa shape index (κ1) is 17.7. The van der Waals surface area contributed by atoms with Crippen LogP contribution in [0.2, 0.25) is 0 Å². The maximum Gasteiger partial charge on any atom is 0.233 e. The fourth-order valence-corrected chi connectivity index (χ4v) is 2.98. The lowest BCUT2D eigenvalue weighted by Gasteiger charge is -2.09. The molecular formula is C22H19N3O3. The lowest BCUT2D eigenvalue weighted by atomic mass is 10.0. The van der Waals surface area contributed by atoms with Crippen LogP contribution < -0.4 is 10.1 Å². The number of benzene rings is 2. The normalized spacial score (nSPS) is 10.7. The maximum atomic E-state index is 12.2. The molecule has 6 nitrogen and oxygen atoms in total. The van der Waals surface area contributed by atoms with E-state index >= 15 is 0 Å². The van der Waals surface area contributed by atoms with Gasteiger partial charge in [0.25, 0.3) is 0 Å². The highest BCUT2D eigenvalue weighted by atomic mass is 16.5. The Kier molecular flexibility index (Phi) is 5.29. The molecule has 0 aliphatic rings. The number of fused-ring (bicyclic) bond motifs is 1. The summed E-state index contributed by atoms with van der Waals surface area (Å²) in [6.45, 7) is 0.710. The Hall–Kier alpha value is -3.67. The predicted octanol–water partition coefficient (Wildman–Crippen LogP) is 3.63. The van der Waals surface area contributed by atoms with Crippen LogP contribution in [0.15, 0.2) is 77.4 Å². The van der Waals surface area contributed by atoms with E-state index in [4.69, 9.17) is 9.15 Å². The SMILES string of the molecule is O=C(Cc1cccc2ccccc12)NCCOc1ccc(-c2ccco2)nn1. The van der Waals surface area contributed by atoms with Crippen molar-refractivity contribution in [3.05, 3.63) is 78.6 Å². The standard InChI is InChI=1S/C22H19N3O3/c26-21(15-17-7-3-6-16-5-1-2-8-18(16)17)23-12-14-28-22-11-10-19(24-25-22)20-9-4-13-27-20/h1-11,13H,12,14-15H2,(H,23,26). The van der Waals surface area contributed by atoms with Crippen LogP contribution in [0, 0.1) is 0 Å². The third-order valence-electron chi connectivity index (χ3n) is 4.32. The van der Waals surface area contributed by atoms with Gasteiger partial charge in [-0.1, -0.05) is 42.5 Å². The van der Waals surface area contributed by atoms with Crippen LogP contribution in [0.25, 0.3) is 22.2 Å². The second kappa shape index (κ2) is 8.35. The van der Waals surface area contributed by atoms with Crippen LogP contribution in [-0.4, -0.2) is 29.3 Å². The highest BCUT2D eigenvalue weighted by Gasteiger charge is 2.07. The molecule has 0 atom stereocenters. The molecule has 140 valence electrons. The molecule has 0 saturated carbocycles. The summed E-state index contributed by atoms with van der Waals surface area (Å²) in [6, 6.07) is 21.2. The number of rotatable bonds is 7. The van der Waals surface area contributed by atoms with Gasteiger partial charge < -0.3 is 14.5 Å². The van der Waals surface area contributed by atoms with Crippen molar-refractivity contribution in [2.75, 3.05) is 13.2 Å². The highest BCUT2D eigenvalue weighted by Crippen LogP contribution is 2.19. The van der Waals surface area contributed by atoms with Crippen LogP contribution in [0.4, 0.5) is 0 Å². The summed E-state index contributed by atoms with van der Waals surface area (Å²) in [5, 5.41) is 13.2. The molecule has 0 bridgehead atoms. The molecule has 1 amide bonds. The molecule has 0 aliphatic carbocycles. The summed E-state index contributed by atoms with van der Waals surface area (Å²) >= 11 is 0. The molecule has 0 saturated heterocycles. The number of aromatic nitrogens is 2. The molecule has 2 aromatic carbocycles. The van der Waals surface area contributed by atoms with E-state index in [0.717, 1.165) is 16.3 Å². The number of furan rings is 1. The van der Waals surface area contributed by atoms with E-state index in [2.05, 4.69) is 15.5 Å². The fourth-order valence-electron chi connectivity index (χ4n) is 2.98. The van der Waals surface area contributed by atoms with Gasteiger partial charge in [-0.05, 0) is 34.5 Å². The monoisotopic (exact) mass is 373 g/mol. The lowest BCUT2D eigenvalue weighted by Crippen LogP contribution is -2.29. The average Bonchev–Trinajstić information content (AvgIpc) is 3.27. The van der Waals surface area contributed by atoms with Crippen molar-refractivity contribution in [3.63, 3.8) is 0 Å². The first-order valence-electron chi connectivity index (χ1n) is 9.03. The van der Waals surface area contributed by atoms with E-state index in [0.29, 0.717) is 36.9 Å². The van der Waals surface area contributed by atoms with Crippen molar-refractivity contribution >= 4 is 16.7 Å². The Morgan fingerprint density at radius 3 is 2.68 bits per heavy atom. The fraction of sp³-hybridized carbons (Fsp3) is 0.136. The first-order valence-corrected chi connectivity index (χ1v) is 9.03. The van der Waals surface area contributed by atoms with Crippen LogP contribution >= 0.6 is 0 Å². The van der Waals surface area contributed by atoms with Gasteiger partial charge in [-0.3, -0.25) is 4.79 Å². The van der Waals surface area contributed by atoms with Gasteiger partial charge in [0.15, 0.2) is 5.76 Å². The second-order valence-corrected chi connectivity index (χ2v) is 6.25. The molecule has 0 aliphatic heterocycles. The van der Waals surface area contributed by atoms with Crippen molar-refractivity contribution < 1.29 is 13.9 Å². The van der Waals surface area contributed by atoms with Gasteiger partial charge in [-0.2, -0.15) is 0 Å². The molecule has 2 heterocycles. The first-order chi connectivity index (χ1) is 13.8. The third kappa shape index (κ3) is 4.17. The van der Waals surface area contributed by atoms with Gasteiger partial charge >= 0.3 is 0 Å². The van der Waals surface area contributed by atoms with E-state index in [9.17, 15) is 4.79 Å². The zero-order valence-electron chi connectivity index (χ0n) is 15.2. The number of amides is 1. The molecule has 0 fully saturated rings. The zero-order chi connectivity index (χ0) is 19.2. The largest absolute Gasteiger partial charge is 0.475 e. The van der Waals surface area contributed by atoms with Crippen molar-refractivity contribution in [1.82, 2.24) is 15.5 Å². The van der Waals surface area contributed by atoms with E-state index < -0.39 is 0 Å². The number of ether oxygens (including phenoxy) is 1. The van der Waals surface area contributed by atoms with Crippen molar-refractivity contribution in [1.29, 1.82) is 0 Å². The van der Waals surface area contributed by atoms with Crippen molar-refractivity contribution in [3.8, 4) is 17.3 Å². The summed E-state index contributed by atoms with van der Waals surface area (Å²) in [6.07, 6.45) is 1.92. The number of hydrogen-bond donors (Lipinski definition) is 1. The highest BCUT2D eigenvalue weighted by molar-refractivity contribution is 5.90. The maximum absolute atomic E-state index is 12.2. The Morgan fingerprint density at radius 1 is 0.964 bits per heavy atom. The number of nitrogens with one attached hydrogen (secondary N) is 1. The third-order valence-corrected chi connectivity index (χ3v) is 4.32. The number of hydrogen-bond acceptors (Lipinski definition) is 5. The topological polar surface area (TPSA) is 77.2 Å². The molecule has 2 aromatic heterocycles. The van der Waals surface area contributed by atoms with Crippen LogP contribution in [0.3, 0.4) is 0 Å². The van der Waals surface area contributed by atoms with E-state index in [1.807, 2.05) is 48.5 Å². The quantitative estimate of drug-likeness (QED) is 0.501. The van der Waals surface area contributed by atoms with Gasteiger partial charge in [0.05, 0.1) is 19.2 Å². The summed E-state index contributed by atoms with van der Waals surface area (Å²) in [7, 11) is 0. The van der Waals surface area contributed by atoms with E-state index in [1.165, 1.54) is 0 Å². The van der Waals surface area contributed by atoms with Gasteiger partial charge in [0, 0.05) is 6.07 Å². The molecular weight excluding hydrogens is 354 g/mol. The predicted molar refractivity (Wildman–Crippen MR) is 106 cm³/mol. The van der Waals surface area contributed by atoms with E-state index in [-0.39, 0.29) is 5.91 Å². The van der Waals surface area contributed by atoms with Crippen LogP contribution in [0.1, 0.15) is 5.56 Å². The van der Waals surface area contributed by atoms with Gasteiger partial charge in [0.2, 0.25) is 11.8 Å². The molecule has 28 heavy (non-hydrogen) atoms. The number of nitrogens with zero attached hydrogens (tertiary/aromatic N) is 2. The number of carbonyl (C=O) groups is 1. The Bertz CT molecular complexity index is 1050. The second-order valence-electron chi connectivity index (χ2n) is 6.25.